The number of ether oxygens (including phenoxy) is 4. The summed E-state index contributed by atoms with van der Waals surface area (Å²) in [6.45, 7) is 16.9. The van der Waals surface area contributed by atoms with Crippen LogP contribution in [0, 0.1) is 6.92 Å². The van der Waals surface area contributed by atoms with Gasteiger partial charge in [0.05, 0.1) is 65.7 Å². The SMILES string of the molecule is COc1cc2nc(C)ccc2cc1-c1cnc([C@H](CCCCCC2(c3ncco3)OCCO2)N[S@](=O)C(C)(C)C)n1COCC[Si](C)(C)C. The number of aromatic nitrogens is 4. The van der Waals surface area contributed by atoms with Crippen LogP contribution in [0.1, 0.15) is 76.3 Å². The first kappa shape index (κ1) is 37.3. The Bertz CT molecular complexity index is 1690. The summed E-state index contributed by atoms with van der Waals surface area (Å²) in [6.07, 6.45) is 9.02. The van der Waals surface area contributed by atoms with Gasteiger partial charge in [0.15, 0.2) is 0 Å². The average Bonchev–Trinajstić information content (AvgIpc) is 3.83. The first-order valence-electron chi connectivity index (χ1n) is 17.2. The fourth-order valence-corrected chi connectivity index (χ4v) is 7.44. The molecule has 0 amide bonds. The first-order chi connectivity index (χ1) is 23.3. The van der Waals surface area contributed by atoms with Crippen LogP contribution in [0.15, 0.2) is 47.3 Å². The lowest BCUT2D eigenvalue weighted by Gasteiger charge is -2.26. The number of unbranched alkanes of at least 4 members (excludes halogenated alkanes) is 2. The van der Waals surface area contributed by atoms with Gasteiger partial charge in [-0.3, -0.25) is 4.98 Å². The van der Waals surface area contributed by atoms with Crippen molar-refractivity contribution in [2.75, 3.05) is 26.9 Å². The predicted octanol–water partition coefficient (Wildman–Crippen LogP) is 7.66. The van der Waals surface area contributed by atoms with Gasteiger partial charge in [0, 0.05) is 43.8 Å². The van der Waals surface area contributed by atoms with Crippen molar-refractivity contribution in [2.45, 2.75) is 109 Å². The van der Waals surface area contributed by atoms with Crippen molar-refractivity contribution in [3.8, 4) is 17.0 Å². The van der Waals surface area contributed by atoms with Crippen molar-refractivity contribution in [1.29, 1.82) is 0 Å². The number of rotatable bonds is 17. The van der Waals surface area contributed by atoms with Crippen LogP contribution < -0.4 is 9.46 Å². The number of nitrogens with one attached hydrogen (secondary N) is 1. The first-order valence-corrected chi connectivity index (χ1v) is 22.1. The standard InChI is InChI=1S/C36H53N5O6SSi/c1-26-13-14-27-22-28(32(43-5)23-30(27)39-26)31-24-38-33(41(31)25-44-20-21-49(6,7)8)29(40-48(42)35(2,3)4)12-10-9-11-15-36(46-18-19-47-36)34-37-16-17-45-34/h13-14,16-17,22-24,29,40H,9-12,15,18-21,25H2,1-8H3/t29-,48+/m0/s1. The van der Waals surface area contributed by atoms with E-state index in [-0.39, 0.29) is 6.04 Å². The number of aryl methyl sites for hydroxylation is 1. The Hall–Kier alpha value is -2.94. The van der Waals surface area contributed by atoms with Crippen LogP contribution >= 0.6 is 0 Å². The smallest absolute Gasteiger partial charge is 0.255 e. The molecule has 2 atom stereocenters. The van der Waals surface area contributed by atoms with Gasteiger partial charge in [-0.2, -0.15) is 0 Å². The van der Waals surface area contributed by atoms with E-state index in [2.05, 4.69) is 46.0 Å². The van der Waals surface area contributed by atoms with Gasteiger partial charge in [0.1, 0.15) is 24.6 Å². The zero-order valence-corrected chi connectivity index (χ0v) is 32.2. The van der Waals surface area contributed by atoms with E-state index in [0.29, 0.717) is 44.6 Å². The maximum atomic E-state index is 13.6. The minimum atomic E-state index is -1.33. The third-order valence-electron chi connectivity index (χ3n) is 8.66. The second-order valence-corrected chi connectivity index (χ2v) is 22.5. The van der Waals surface area contributed by atoms with Crippen molar-refractivity contribution in [3.63, 3.8) is 0 Å². The van der Waals surface area contributed by atoms with E-state index in [4.69, 9.17) is 33.3 Å². The van der Waals surface area contributed by atoms with Crippen LogP contribution in [0.4, 0.5) is 0 Å². The minimum absolute atomic E-state index is 0.287. The zero-order chi connectivity index (χ0) is 35.2. The lowest BCUT2D eigenvalue weighted by Crippen LogP contribution is -2.37. The van der Waals surface area contributed by atoms with E-state index >= 15 is 0 Å². The summed E-state index contributed by atoms with van der Waals surface area (Å²) in [5.41, 5.74) is 3.59. The highest BCUT2D eigenvalue weighted by atomic mass is 32.2. The van der Waals surface area contributed by atoms with E-state index in [0.717, 1.165) is 65.4 Å². The molecule has 4 aromatic rings. The van der Waals surface area contributed by atoms with E-state index in [1.807, 2.05) is 46.0 Å². The van der Waals surface area contributed by atoms with E-state index < -0.39 is 29.6 Å². The minimum Gasteiger partial charge on any atom is -0.496 e. The highest BCUT2D eigenvalue weighted by molar-refractivity contribution is 7.84. The molecule has 5 rings (SSSR count). The Balaban J connectivity index is 1.43. The summed E-state index contributed by atoms with van der Waals surface area (Å²) < 4.78 is 48.5. The van der Waals surface area contributed by atoms with Crippen LogP contribution in [-0.4, -0.2) is 63.5 Å². The number of benzene rings is 1. The van der Waals surface area contributed by atoms with Crippen LogP contribution in [0.2, 0.25) is 25.7 Å². The molecule has 3 aromatic heterocycles. The van der Waals surface area contributed by atoms with Crippen molar-refractivity contribution in [1.82, 2.24) is 24.2 Å². The number of imidazole rings is 1. The summed E-state index contributed by atoms with van der Waals surface area (Å²) >= 11 is 0. The van der Waals surface area contributed by atoms with Gasteiger partial charge in [-0.1, -0.05) is 38.5 Å². The van der Waals surface area contributed by atoms with Crippen LogP contribution in [0.3, 0.4) is 0 Å². The molecule has 13 heteroatoms. The third kappa shape index (κ3) is 9.44. The summed E-state index contributed by atoms with van der Waals surface area (Å²) in [6, 6.07) is 8.94. The van der Waals surface area contributed by atoms with Crippen LogP contribution in [0.5, 0.6) is 5.75 Å². The normalized spacial score (nSPS) is 16.3. The molecular weight excluding hydrogens is 659 g/mol. The number of methoxy groups -OCH3 is 1. The van der Waals surface area contributed by atoms with E-state index in [9.17, 15) is 4.21 Å². The Morgan fingerprint density at radius 3 is 2.55 bits per heavy atom. The molecule has 0 bridgehead atoms. The largest absolute Gasteiger partial charge is 0.496 e. The summed E-state index contributed by atoms with van der Waals surface area (Å²) in [7, 11) is -0.949. The molecule has 1 fully saturated rings. The van der Waals surface area contributed by atoms with Gasteiger partial charge >= 0.3 is 0 Å². The van der Waals surface area contributed by atoms with Crippen LogP contribution in [-0.2, 0) is 37.7 Å². The van der Waals surface area contributed by atoms with Gasteiger partial charge in [0.2, 0.25) is 5.79 Å². The van der Waals surface area contributed by atoms with Gasteiger partial charge in [-0.05, 0) is 58.7 Å². The summed E-state index contributed by atoms with van der Waals surface area (Å²) in [4.78, 5) is 14.0. The molecule has 268 valence electrons. The van der Waals surface area contributed by atoms with Crippen molar-refractivity contribution < 1.29 is 27.6 Å². The molecule has 1 N–H and O–H groups in total. The second kappa shape index (κ2) is 15.9. The Morgan fingerprint density at radius 1 is 1.10 bits per heavy atom. The number of hydrogen-bond donors (Lipinski definition) is 1. The molecule has 0 spiro atoms. The zero-order valence-electron chi connectivity index (χ0n) is 30.3. The van der Waals surface area contributed by atoms with Crippen molar-refractivity contribution in [2.24, 2.45) is 0 Å². The molecule has 49 heavy (non-hydrogen) atoms. The average molecular weight is 712 g/mol. The van der Waals surface area contributed by atoms with E-state index in [1.54, 1.807) is 19.6 Å². The van der Waals surface area contributed by atoms with Gasteiger partial charge in [0.25, 0.3) is 5.89 Å². The fourth-order valence-electron chi connectivity index (χ4n) is 5.85. The van der Waals surface area contributed by atoms with Gasteiger partial charge < -0.3 is 27.9 Å². The number of hydrogen-bond acceptors (Lipinski definition) is 9. The van der Waals surface area contributed by atoms with Crippen molar-refractivity contribution >= 4 is 30.0 Å². The number of pyridine rings is 1. The maximum absolute atomic E-state index is 13.6. The third-order valence-corrected chi connectivity index (χ3v) is 12.0. The van der Waals surface area contributed by atoms with Gasteiger partial charge in [-0.25, -0.2) is 18.9 Å². The second-order valence-electron chi connectivity index (χ2n) is 14.9. The molecule has 11 nitrogen and oxygen atoms in total. The molecule has 1 aliphatic rings. The topological polar surface area (TPSA) is 123 Å². The van der Waals surface area contributed by atoms with Gasteiger partial charge in [-0.15, -0.1) is 0 Å². The summed E-state index contributed by atoms with van der Waals surface area (Å²) in [5.74, 6) is 1.02. The Kier molecular flexibility index (Phi) is 12.1. The maximum Gasteiger partial charge on any atom is 0.255 e. The highest BCUT2D eigenvalue weighted by Crippen LogP contribution is 2.38. The van der Waals surface area contributed by atoms with Crippen LogP contribution in [0.25, 0.3) is 22.2 Å². The predicted molar refractivity (Wildman–Crippen MR) is 195 cm³/mol. The Morgan fingerprint density at radius 2 is 1.88 bits per heavy atom. The molecule has 1 saturated heterocycles. The molecular formula is C36H53N5O6SSi. The molecule has 1 aliphatic heterocycles. The molecule has 0 radical (unpaired) electrons. The molecule has 0 saturated carbocycles. The lowest BCUT2D eigenvalue weighted by atomic mass is 10.0. The number of oxazole rings is 1. The quantitative estimate of drug-likeness (QED) is 0.0869. The Labute approximate surface area is 294 Å². The number of fused-ring (bicyclic) bond motifs is 1. The number of nitrogens with zero attached hydrogens (tertiary/aromatic N) is 4. The molecule has 4 heterocycles. The monoisotopic (exact) mass is 711 g/mol. The fraction of sp³-hybridized carbons (Fsp3) is 0.583. The van der Waals surface area contributed by atoms with E-state index in [1.165, 1.54) is 0 Å². The molecule has 1 aromatic carbocycles. The highest BCUT2D eigenvalue weighted by Gasteiger charge is 2.42. The lowest BCUT2D eigenvalue weighted by molar-refractivity contribution is -0.187. The molecule has 0 aliphatic carbocycles. The summed E-state index contributed by atoms with van der Waals surface area (Å²) in [5, 5.41) is 1.01. The van der Waals surface area contributed by atoms with Crippen molar-refractivity contribution in [3.05, 3.63) is 60.3 Å². The molecule has 0 unspecified atom stereocenters.